The number of carbonyl (C=O) groups is 1. The lowest BCUT2D eigenvalue weighted by molar-refractivity contribution is 0.102. The SMILES string of the molecule is CCCCOc1cccc(C(=O)Nc2ccc(-c3nc4ccccc4o3)c(O)c2)c1. The molecule has 1 heterocycles. The number of anilines is 1. The minimum Gasteiger partial charge on any atom is -0.507 e. The Kier molecular flexibility index (Phi) is 5.66. The first-order chi connectivity index (χ1) is 14.6. The van der Waals surface area contributed by atoms with E-state index in [2.05, 4.69) is 17.2 Å². The molecule has 0 aliphatic heterocycles. The molecule has 0 fully saturated rings. The van der Waals surface area contributed by atoms with E-state index in [-0.39, 0.29) is 11.7 Å². The van der Waals surface area contributed by atoms with E-state index in [0.717, 1.165) is 12.8 Å². The standard InChI is InChI=1S/C24H22N2O4/c1-2-3-13-29-18-8-6-7-16(14-18)23(28)25-17-11-12-19(21(27)15-17)24-26-20-9-4-5-10-22(20)30-24/h4-12,14-15,27H,2-3,13H2,1H3,(H,25,28). The van der Waals surface area contributed by atoms with Crippen LogP contribution in [0.4, 0.5) is 5.69 Å². The second-order valence-corrected chi connectivity index (χ2v) is 6.90. The molecule has 1 aromatic heterocycles. The van der Waals surface area contributed by atoms with E-state index < -0.39 is 0 Å². The van der Waals surface area contributed by atoms with Gasteiger partial charge in [-0.25, -0.2) is 4.98 Å². The van der Waals surface area contributed by atoms with Crippen LogP contribution in [0.2, 0.25) is 0 Å². The molecule has 0 unspecified atom stereocenters. The summed E-state index contributed by atoms with van der Waals surface area (Å²) in [6.07, 6.45) is 2.01. The zero-order chi connectivity index (χ0) is 20.9. The van der Waals surface area contributed by atoms with Crippen molar-refractivity contribution in [3.63, 3.8) is 0 Å². The summed E-state index contributed by atoms with van der Waals surface area (Å²) in [4.78, 5) is 17.0. The molecular formula is C24H22N2O4. The third-order valence-corrected chi connectivity index (χ3v) is 4.64. The molecule has 0 atom stereocenters. The molecule has 0 aliphatic carbocycles. The van der Waals surface area contributed by atoms with Gasteiger partial charge in [0.25, 0.3) is 5.91 Å². The summed E-state index contributed by atoms with van der Waals surface area (Å²) in [5, 5.41) is 13.2. The lowest BCUT2D eigenvalue weighted by Crippen LogP contribution is -2.12. The van der Waals surface area contributed by atoms with Crippen LogP contribution in [0.25, 0.3) is 22.6 Å². The number of hydrogen-bond acceptors (Lipinski definition) is 5. The number of phenols is 1. The zero-order valence-electron chi connectivity index (χ0n) is 16.6. The zero-order valence-corrected chi connectivity index (χ0v) is 16.6. The molecular weight excluding hydrogens is 380 g/mol. The molecule has 0 spiro atoms. The average Bonchev–Trinajstić information content (AvgIpc) is 3.18. The van der Waals surface area contributed by atoms with Crippen LogP contribution in [0.1, 0.15) is 30.1 Å². The fourth-order valence-electron chi connectivity index (χ4n) is 3.04. The molecule has 3 aromatic carbocycles. The van der Waals surface area contributed by atoms with Crippen molar-refractivity contribution in [2.75, 3.05) is 11.9 Å². The first kappa shape index (κ1) is 19.5. The molecule has 30 heavy (non-hydrogen) atoms. The minimum atomic E-state index is -0.287. The Morgan fingerprint density at radius 2 is 1.97 bits per heavy atom. The van der Waals surface area contributed by atoms with Crippen molar-refractivity contribution in [1.82, 2.24) is 4.98 Å². The van der Waals surface area contributed by atoms with Crippen LogP contribution in [0.5, 0.6) is 11.5 Å². The molecule has 6 nitrogen and oxygen atoms in total. The number of para-hydroxylation sites is 2. The van der Waals surface area contributed by atoms with Crippen LogP contribution < -0.4 is 10.1 Å². The molecule has 4 rings (SSSR count). The van der Waals surface area contributed by atoms with Gasteiger partial charge in [0, 0.05) is 17.3 Å². The van der Waals surface area contributed by atoms with E-state index in [1.54, 1.807) is 30.3 Å². The lowest BCUT2D eigenvalue weighted by Gasteiger charge is -2.09. The predicted molar refractivity (Wildman–Crippen MR) is 116 cm³/mol. The molecule has 0 aliphatic rings. The summed E-state index contributed by atoms with van der Waals surface area (Å²) >= 11 is 0. The number of phenolic OH excluding ortho intramolecular Hbond substituents is 1. The van der Waals surface area contributed by atoms with Gasteiger partial charge in [-0.15, -0.1) is 0 Å². The largest absolute Gasteiger partial charge is 0.507 e. The Hall–Kier alpha value is -3.80. The number of nitrogens with one attached hydrogen (secondary N) is 1. The molecule has 2 N–H and O–H groups in total. The van der Waals surface area contributed by atoms with E-state index in [1.165, 1.54) is 6.07 Å². The number of aromatic hydroxyl groups is 1. The van der Waals surface area contributed by atoms with Crippen molar-refractivity contribution in [1.29, 1.82) is 0 Å². The number of nitrogens with zero attached hydrogens (tertiary/aromatic N) is 1. The molecule has 4 aromatic rings. The van der Waals surface area contributed by atoms with Gasteiger partial charge >= 0.3 is 0 Å². The number of oxazole rings is 1. The smallest absolute Gasteiger partial charge is 0.255 e. The summed E-state index contributed by atoms with van der Waals surface area (Å²) < 4.78 is 11.4. The van der Waals surface area contributed by atoms with Crippen LogP contribution in [0.15, 0.2) is 71.1 Å². The van der Waals surface area contributed by atoms with Crippen molar-refractivity contribution < 1.29 is 19.1 Å². The summed E-state index contributed by atoms with van der Waals surface area (Å²) in [6.45, 7) is 2.71. The number of hydrogen-bond donors (Lipinski definition) is 2. The Labute approximate surface area is 174 Å². The van der Waals surface area contributed by atoms with Gasteiger partial charge in [0.1, 0.15) is 17.0 Å². The number of ether oxygens (including phenoxy) is 1. The highest BCUT2D eigenvalue weighted by Gasteiger charge is 2.14. The van der Waals surface area contributed by atoms with Crippen molar-refractivity contribution >= 4 is 22.7 Å². The maximum absolute atomic E-state index is 12.6. The summed E-state index contributed by atoms with van der Waals surface area (Å²) in [7, 11) is 0. The van der Waals surface area contributed by atoms with Gasteiger partial charge < -0.3 is 19.6 Å². The number of amides is 1. The van der Waals surface area contributed by atoms with Crippen molar-refractivity contribution in [2.24, 2.45) is 0 Å². The quantitative estimate of drug-likeness (QED) is 0.391. The normalized spacial score (nSPS) is 10.8. The average molecular weight is 402 g/mol. The van der Waals surface area contributed by atoms with Gasteiger partial charge in [0.2, 0.25) is 5.89 Å². The minimum absolute atomic E-state index is 0.0315. The van der Waals surface area contributed by atoms with Crippen LogP contribution in [-0.2, 0) is 0 Å². The molecule has 0 saturated heterocycles. The highest BCUT2D eigenvalue weighted by Crippen LogP contribution is 2.33. The number of rotatable bonds is 7. The monoisotopic (exact) mass is 402 g/mol. The van der Waals surface area contributed by atoms with E-state index >= 15 is 0 Å². The highest BCUT2D eigenvalue weighted by molar-refractivity contribution is 6.04. The number of benzene rings is 3. The Bertz CT molecular complexity index is 1150. The van der Waals surface area contributed by atoms with E-state index in [1.807, 2.05) is 30.3 Å². The fourth-order valence-corrected chi connectivity index (χ4v) is 3.04. The molecule has 0 saturated carbocycles. The van der Waals surface area contributed by atoms with Crippen molar-refractivity contribution in [2.45, 2.75) is 19.8 Å². The van der Waals surface area contributed by atoms with Gasteiger partial charge in [-0.3, -0.25) is 4.79 Å². The second-order valence-electron chi connectivity index (χ2n) is 6.90. The second kappa shape index (κ2) is 8.69. The first-order valence-corrected chi connectivity index (χ1v) is 9.87. The van der Waals surface area contributed by atoms with Gasteiger partial charge in [0.15, 0.2) is 5.58 Å². The van der Waals surface area contributed by atoms with E-state index in [4.69, 9.17) is 9.15 Å². The van der Waals surface area contributed by atoms with Gasteiger partial charge in [-0.1, -0.05) is 31.5 Å². The van der Waals surface area contributed by atoms with Gasteiger partial charge in [0.05, 0.1) is 12.2 Å². The summed E-state index contributed by atoms with van der Waals surface area (Å²) in [5.74, 6) is 0.662. The third kappa shape index (κ3) is 4.27. The van der Waals surface area contributed by atoms with Crippen LogP contribution in [0, 0.1) is 0 Å². The van der Waals surface area contributed by atoms with Crippen LogP contribution in [-0.4, -0.2) is 22.6 Å². The third-order valence-electron chi connectivity index (χ3n) is 4.64. The maximum atomic E-state index is 12.6. The number of carbonyl (C=O) groups excluding carboxylic acids is 1. The Morgan fingerprint density at radius 1 is 1.10 bits per heavy atom. The van der Waals surface area contributed by atoms with Gasteiger partial charge in [-0.05, 0) is 48.9 Å². The topological polar surface area (TPSA) is 84.6 Å². The summed E-state index contributed by atoms with van der Waals surface area (Å²) in [6, 6.07) is 19.3. The maximum Gasteiger partial charge on any atom is 0.255 e. The van der Waals surface area contributed by atoms with Crippen molar-refractivity contribution in [3.05, 3.63) is 72.3 Å². The molecule has 152 valence electrons. The number of unbranched alkanes of at least 4 members (excludes halogenated alkanes) is 1. The predicted octanol–water partition coefficient (Wildman–Crippen LogP) is 5.63. The van der Waals surface area contributed by atoms with Crippen molar-refractivity contribution in [3.8, 4) is 23.0 Å². The molecule has 0 radical (unpaired) electrons. The van der Waals surface area contributed by atoms with Gasteiger partial charge in [-0.2, -0.15) is 0 Å². The molecule has 1 amide bonds. The Balaban J connectivity index is 1.49. The fraction of sp³-hybridized carbons (Fsp3) is 0.167. The number of fused-ring (bicyclic) bond motifs is 1. The molecule has 0 bridgehead atoms. The highest BCUT2D eigenvalue weighted by atomic mass is 16.5. The lowest BCUT2D eigenvalue weighted by atomic mass is 10.1. The van der Waals surface area contributed by atoms with E-state index in [9.17, 15) is 9.90 Å². The summed E-state index contributed by atoms with van der Waals surface area (Å²) in [5.41, 5.74) is 2.76. The van der Waals surface area contributed by atoms with E-state index in [0.29, 0.717) is 46.2 Å². The molecule has 6 heteroatoms. The van der Waals surface area contributed by atoms with Crippen LogP contribution >= 0.6 is 0 Å². The van der Waals surface area contributed by atoms with Crippen LogP contribution in [0.3, 0.4) is 0 Å². The first-order valence-electron chi connectivity index (χ1n) is 9.87. The number of aromatic nitrogens is 1. The Morgan fingerprint density at radius 3 is 2.77 bits per heavy atom.